The minimum Gasteiger partial charge on any atom is -0.326 e. The molecule has 1 fully saturated rings. The summed E-state index contributed by atoms with van der Waals surface area (Å²) in [5.41, 5.74) is 2.22. The molecule has 3 rings (SSSR count). The third-order valence-corrected chi connectivity index (χ3v) is 4.40. The van der Waals surface area contributed by atoms with Gasteiger partial charge in [0, 0.05) is 22.3 Å². The van der Waals surface area contributed by atoms with E-state index in [4.69, 9.17) is 0 Å². The van der Waals surface area contributed by atoms with Crippen LogP contribution in [-0.4, -0.2) is 5.91 Å². The topological polar surface area (TPSA) is 29.1 Å². The molecule has 1 aliphatic carbocycles. The SMILES string of the molecule is O=C(Nc1ccc(SCc2ccccc2)cc1)C1CC1. The predicted octanol–water partition coefficient (Wildman–Crippen LogP) is 4.33. The first-order valence-corrected chi connectivity index (χ1v) is 7.87. The first-order chi connectivity index (χ1) is 9.81. The lowest BCUT2D eigenvalue weighted by Gasteiger charge is -2.06. The molecule has 1 N–H and O–H groups in total. The third kappa shape index (κ3) is 3.64. The van der Waals surface area contributed by atoms with Gasteiger partial charge in [-0.2, -0.15) is 0 Å². The third-order valence-electron chi connectivity index (χ3n) is 3.32. The summed E-state index contributed by atoms with van der Waals surface area (Å²) in [6, 6.07) is 18.5. The van der Waals surface area contributed by atoms with Gasteiger partial charge in [-0.3, -0.25) is 4.79 Å². The number of hydrogen-bond acceptors (Lipinski definition) is 2. The molecule has 102 valence electrons. The van der Waals surface area contributed by atoms with Gasteiger partial charge < -0.3 is 5.32 Å². The van der Waals surface area contributed by atoms with E-state index in [2.05, 4.69) is 41.7 Å². The Labute approximate surface area is 123 Å². The van der Waals surface area contributed by atoms with Crippen molar-refractivity contribution in [1.29, 1.82) is 0 Å². The van der Waals surface area contributed by atoms with Crippen molar-refractivity contribution in [3.63, 3.8) is 0 Å². The average molecular weight is 283 g/mol. The molecule has 2 aromatic rings. The Hall–Kier alpha value is -1.74. The lowest BCUT2D eigenvalue weighted by Crippen LogP contribution is -2.12. The standard InChI is InChI=1S/C17H17NOS/c19-17(14-6-7-14)18-15-8-10-16(11-9-15)20-12-13-4-2-1-3-5-13/h1-5,8-11,14H,6-7,12H2,(H,18,19). The smallest absolute Gasteiger partial charge is 0.227 e. The molecule has 0 spiro atoms. The van der Waals surface area contributed by atoms with E-state index in [0.717, 1.165) is 24.3 Å². The molecular weight excluding hydrogens is 266 g/mol. The molecule has 0 radical (unpaired) electrons. The summed E-state index contributed by atoms with van der Waals surface area (Å²) in [6.07, 6.45) is 2.08. The van der Waals surface area contributed by atoms with Crippen molar-refractivity contribution < 1.29 is 4.79 Å². The lowest BCUT2D eigenvalue weighted by molar-refractivity contribution is -0.117. The minimum absolute atomic E-state index is 0.162. The number of rotatable bonds is 5. The molecule has 0 heterocycles. The first kappa shape index (κ1) is 13.3. The van der Waals surface area contributed by atoms with Crippen molar-refractivity contribution in [2.24, 2.45) is 5.92 Å². The summed E-state index contributed by atoms with van der Waals surface area (Å²) in [7, 11) is 0. The second kappa shape index (κ2) is 6.14. The fourth-order valence-corrected chi connectivity index (χ4v) is 2.82. The number of carbonyl (C=O) groups is 1. The predicted molar refractivity (Wildman–Crippen MR) is 83.8 cm³/mol. The van der Waals surface area contributed by atoms with E-state index in [0.29, 0.717) is 0 Å². The van der Waals surface area contributed by atoms with Gasteiger partial charge in [-0.1, -0.05) is 30.3 Å². The Morgan fingerprint density at radius 1 is 1.05 bits per heavy atom. The van der Waals surface area contributed by atoms with Crippen LogP contribution in [-0.2, 0) is 10.5 Å². The van der Waals surface area contributed by atoms with E-state index in [1.807, 2.05) is 30.0 Å². The zero-order valence-electron chi connectivity index (χ0n) is 11.2. The summed E-state index contributed by atoms with van der Waals surface area (Å²) >= 11 is 1.81. The Bertz CT molecular complexity index is 576. The van der Waals surface area contributed by atoms with Gasteiger partial charge in [0.25, 0.3) is 0 Å². The zero-order valence-corrected chi connectivity index (χ0v) is 12.0. The summed E-state index contributed by atoms with van der Waals surface area (Å²) in [6.45, 7) is 0. The Morgan fingerprint density at radius 2 is 1.75 bits per heavy atom. The average Bonchev–Trinajstić information content (AvgIpc) is 3.32. The van der Waals surface area contributed by atoms with Gasteiger partial charge in [-0.05, 0) is 42.7 Å². The Balaban J connectivity index is 1.54. The molecule has 20 heavy (non-hydrogen) atoms. The van der Waals surface area contributed by atoms with E-state index < -0.39 is 0 Å². The van der Waals surface area contributed by atoms with Crippen LogP contribution in [0.5, 0.6) is 0 Å². The number of anilines is 1. The number of hydrogen-bond donors (Lipinski definition) is 1. The zero-order chi connectivity index (χ0) is 13.8. The molecule has 0 saturated heterocycles. The van der Waals surface area contributed by atoms with Crippen LogP contribution in [0, 0.1) is 5.92 Å². The van der Waals surface area contributed by atoms with Crippen molar-refractivity contribution in [3.05, 3.63) is 60.2 Å². The van der Waals surface area contributed by atoms with E-state index in [1.54, 1.807) is 0 Å². The van der Waals surface area contributed by atoms with E-state index in [1.165, 1.54) is 10.5 Å². The van der Waals surface area contributed by atoms with Gasteiger partial charge in [0.15, 0.2) is 0 Å². The van der Waals surface area contributed by atoms with Crippen LogP contribution in [0.25, 0.3) is 0 Å². The highest BCUT2D eigenvalue weighted by atomic mass is 32.2. The van der Waals surface area contributed by atoms with Crippen LogP contribution in [0.1, 0.15) is 18.4 Å². The highest BCUT2D eigenvalue weighted by molar-refractivity contribution is 7.98. The molecule has 3 heteroatoms. The molecule has 0 unspecified atom stereocenters. The molecule has 2 aromatic carbocycles. The second-order valence-electron chi connectivity index (χ2n) is 5.06. The molecular formula is C17H17NOS. The van der Waals surface area contributed by atoms with Crippen molar-refractivity contribution in [2.75, 3.05) is 5.32 Å². The number of carbonyl (C=O) groups excluding carboxylic acids is 1. The van der Waals surface area contributed by atoms with Crippen LogP contribution in [0.4, 0.5) is 5.69 Å². The van der Waals surface area contributed by atoms with Crippen LogP contribution in [0.2, 0.25) is 0 Å². The quantitative estimate of drug-likeness (QED) is 0.828. The lowest BCUT2D eigenvalue weighted by atomic mass is 10.2. The first-order valence-electron chi connectivity index (χ1n) is 6.89. The summed E-state index contributed by atoms with van der Waals surface area (Å²) in [4.78, 5) is 12.9. The molecule has 0 bridgehead atoms. The van der Waals surface area contributed by atoms with Gasteiger partial charge in [0.05, 0.1) is 0 Å². The molecule has 1 amide bonds. The Morgan fingerprint density at radius 3 is 2.40 bits per heavy atom. The van der Waals surface area contributed by atoms with Crippen molar-refractivity contribution >= 4 is 23.4 Å². The van der Waals surface area contributed by atoms with Gasteiger partial charge in [-0.25, -0.2) is 0 Å². The highest BCUT2D eigenvalue weighted by Crippen LogP contribution is 2.30. The maximum absolute atomic E-state index is 11.7. The van der Waals surface area contributed by atoms with Gasteiger partial charge in [0.1, 0.15) is 0 Å². The Kier molecular flexibility index (Phi) is 4.07. The molecule has 2 nitrogen and oxygen atoms in total. The van der Waals surface area contributed by atoms with Gasteiger partial charge in [0.2, 0.25) is 5.91 Å². The highest BCUT2D eigenvalue weighted by Gasteiger charge is 2.29. The number of amides is 1. The van der Waals surface area contributed by atoms with Gasteiger partial charge in [-0.15, -0.1) is 11.8 Å². The summed E-state index contributed by atoms with van der Waals surface area (Å²) in [5.74, 6) is 1.38. The molecule has 0 aromatic heterocycles. The number of thioether (sulfide) groups is 1. The van der Waals surface area contributed by atoms with Crippen molar-refractivity contribution in [2.45, 2.75) is 23.5 Å². The fraction of sp³-hybridized carbons (Fsp3) is 0.235. The molecule has 0 atom stereocenters. The van der Waals surface area contributed by atoms with Crippen molar-refractivity contribution in [3.8, 4) is 0 Å². The second-order valence-corrected chi connectivity index (χ2v) is 6.11. The molecule has 1 aliphatic rings. The largest absolute Gasteiger partial charge is 0.326 e. The number of benzene rings is 2. The van der Waals surface area contributed by atoms with Crippen LogP contribution >= 0.6 is 11.8 Å². The molecule has 0 aliphatic heterocycles. The number of nitrogens with one attached hydrogen (secondary N) is 1. The summed E-state index contributed by atoms with van der Waals surface area (Å²) < 4.78 is 0. The van der Waals surface area contributed by atoms with Gasteiger partial charge >= 0.3 is 0 Å². The van der Waals surface area contributed by atoms with Crippen molar-refractivity contribution in [1.82, 2.24) is 0 Å². The van der Waals surface area contributed by atoms with Crippen LogP contribution < -0.4 is 5.32 Å². The summed E-state index contributed by atoms with van der Waals surface area (Å²) in [5, 5.41) is 2.96. The fourth-order valence-electron chi connectivity index (χ4n) is 1.97. The van der Waals surface area contributed by atoms with E-state index in [9.17, 15) is 4.79 Å². The monoisotopic (exact) mass is 283 g/mol. The van der Waals surface area contributed by atoms with E-state index >= 15 is 0 Å². The maximum atomic E-state index is 11.7. The normalized spacial score (nSPS) is 14.0. The molecule has 1 saturated carbocycles. The van der Waals surface area contributed by atoms with E-state index in [-0.39, 0.29) is 11.8 Å². The minimum atomic E-state index is 0.162. The maximum Gasteiger partial charge on any atom is 0.227 e. The van der Waals surface area contributed by atoms with Crippen LogP contribution in [0.15, 0.2) is 59.5 Å². The van der Waals surface area contributed by atoms with Crippen LogP contribution in [0.3, 0.4) is 0 Å².